The highest BCUT2D eigenvalue weighted by molar-refractivity contribution is 9.10. The van der Waals surface area contributed by atoms with Crippen molar-refractivity contribution in [2.75, 3.05) is 5.32 Å². The number of para-hydroxylation sites is 1. The molecule has 20 heavy (non-hydrogen) atoms. The SMILES string of the molecule is CC(C)(C)c1ccccc1Nc1cc(Br)ccc1C#N. The number of hydrogen-bond acceptors (Lipinski definition) is 2. The lowest BCUT2D eigenvalue weighted by molar-refractivity contribution is 0.592. The number of halogens is 1. The lowest BCUT2D eigenvalue weighted by Crippen LogP contribution is -2.13. The standard InChI is InChI=1S/C17H17BrN2/c1-17(2,3)14-6-4-5-7-15(14)20-16-10-13(18)9-8-12(16)11-19/h4-10,20H,1-3H3. The van der Waals surface area contributed by atoms with E-state index in [2.05, 4.69) is 54.2 Å². The van der Waals surface area contributed by atoms with Crippen molar-refractivity contribution in [3.8, 4) is 6.07 Å². The molecule has 2 aromatic carbocycles. The Kier molecular flexibility index (Phi) is 4.15. The minimum atomic E-state index is 0.0441. The van der Waals surface area contributed by atoms with Crippen LogP contribution >= 0.6 is 15.9 Å². The molecule has 0 bridgehead atoms. The summed E-state index contributed by atoms with van der Waals surface area (Å²) >= 11 is 3.45. The summed E-state index contributed by atoms with van der Waals surface area (Å²) in [5.41, 5.74) is 3.76. The maximum atomic E-state index is 9.21. The fourth-order valence-electron chi connectivity index (χ4n) is 2.11. The summed E-state index contributed by atoms with van der Waals surface area (Å²) in [6, 6.07) is 16.0. The Hall–Kier alpha value is -1.79. The average Bonchev–Trinajstić information content (AvgIpc) is 2.38. The third-order valence-electron chi connectivity index (χ3n) is 3.11. The van der Waals surface area contributed by atoms with E-state index < -0.39 is 0 Å². The summed E-state index contributed by atoms with van der Waals surface area (Å²) < 4.78 is 0.951. The maximum Gasteiger partial charge on any atom is 0.101 e. The molecule has 0 heterocycles. The third-order valence-corrected chi connectivity index (χ3v) is 3.60. The van der Waals surface area contributed by atoms with E-state index >= 15 is 0 Å². The molecular weight excluding hydrogens is 312 g/mol. The number of hydrogen-bond donors (Lipinski definition) is 1. The number of nitrogens with zero attached hydrogens (tertiary/aromatic N) is 1. The molecule has 0 unspecified atom stereocenters. The number of anilines is 2. The normalized spacial score (nSPS) is 10.9. The molecule has 0 saturated carbocycles. The van der Waals surface area contributed by atoms with E-state index in [1.54, 1.807) is 0 Å². The largest absolute Gasteiger partial charge is 0.354 e. The van der Waals surface area contributed by atoms with Gasteiger partial charge in [-0.3, -0.25) is 0 Å². The van der Waals surface area contributed by atoms with Crippen molar-refractivity contribution < 1.29 is 0 Å². The first-order valence-corrected chi connectivity index (χ1v) is 7.27. The molecule has 0 aliphatic rings. The van der Waals surface area contributed by atoms with E-state index in [9.17, 15) is 5.26 Å². The van der Waals surface area contributed by atoms with Gasteiger partial charge in [0, 0.05) is 10.2 Å². The quantitative estimate of drug-likeness (QED) is 0.805. The summed E-state index contributed by atoms with van der Waals surface area (Å²) in [6.45, 7) is 6.54. The molecule has 1 N–H and O–H groups in total. The molecule has 0 radical (unpaired) electrons. The van der Waals surface area contributed by atoms with Crippen LogP contribution in [0.15, 0.2) is 46.9 Å². The van der Waals surface area contributed by atoms with Gasteiger partial charge in [0.15, 0.2) is 0 Å². The molecule has 0 aliphatic heterocycles. The van der Waals surface area contributed by atoms with Crippen LogP contribution in [0.2, 0.25) is 0 Å². The zero-order valence-electron chi connectivity index (χ0n) is 11.9. The van der Waals surface area contributed by atoms with Gasteiger partial charge in [-0.1, -0.05) is 54.9 Å². The molecule has 0 aromatic heterocycles. The monoisotopic (exact) mass is 328 g/mol. The second kappa shape index (κ2) is 5.68. The summed E-state index contributed by atoms with van der Waals surface area (Å²) in [4.78, 5) is 0. The Bertz CT molecular complexity index is 663. The van der Waals surface area contributed by atoms with Crippen molar-refractivity contribution in [3.05, 3.63) is 58.1 Å². The van der Waals surface area contributed by atoms with Gasteiger partial charge in [0.2, 0.25) is 0 Å². The molecule has 0 atom stereocenters. The van der Waals surface area contributed by atoms with Crippen molar-refractivity contribution in [2.45, 2.75) is 26.2 Å². The average molecular weight is 329 g/mol. The fourth-order valence-corrected chi connectivity index (χ4v) is 2.47. The predicted molar refractivity (Wildman–Crippen MR) is 87.3 cm³/mol. The predicted octanol–water partition coefficient (Wildman–Crippen LogP) is 5.36. The molecule has 0 aliphatic carbocycles. The van der Waals surface area contributed by atoms with Gasteiger partial charge in [-0.2, -0.15) is 5.26 Å². The summed E-state index contributed by atoms with van der Waals surface area (Å²) in [7, 11) is 0. The third kappa shape index (κ3) is 3.20. The lowest BCUT2D eigenvalue weighted by atomic mass is 9.85. The Labute approximate surface area is 128 Å². The van der Waals surface area contributed by atoms with Gasteiger partial charge in [-0.15, -0.1) is 0 Å². The minimum Gasteiger partial charge on any atom is -0.354 e. The van der Waals surface area contributed by atoms with Crippen molar-refractivity contribution in [1.82, 2.24) is 0 Å². The van der Waals surface area contributed by atoms with E-state index in [1.807, 2.05) is 36.4 Å². The van der Waals surface area contributed by atoms with Crippen LogP contribution in [0.3, 0.4) is 0 Å². The minimum absolute atomic E-state index is 0.0441. The van der Waals surface area contributed by atoms with Crippen LogP contribution in [0.25, 0.3) is 0 Å². The van der Waals surface area contributed by atoms with Crippen molar-refractivity contribution in [2.24, 2.45) is 0 Å². The first-order valence-electron chi connectivity index (χ1n) is 6.48. The van der Waals surface area contributed by atoms with Gasteiger partial charge >= 0.3 is 0 Å². The highest BCUT2D eigenvalue weighted by Crippen LogP contribution is 2.32. The van der Waals surface area contributed by atoms with Crippen LogP contribution in [-0.2, 0) is 5.41 Å². The second-order valence-electron chi connectivity index (χ2n) is 5.72. The molecule has 0 amide bonds. The highest BCUT2D eigenvalue weighted by atomic mass is 79.9. The van der Waals surface area contributed by atoms with Crippen molar-refractivity contribution in [1.29, 1.82) is 5.26 Å². The van der Waals surface area contributed by atoms with E-state index in [-0.39, 0.29) is 5.41 Å². The first kappa shape index (κ1) is 14.6. The maximum absolute atomic E-state index is 9.21. The van der Waals surface area contributed by atoms with E-state index in [0.717, 1.165) is 15.8 Å². The van der Waals surface area contributed by atoms with Crippen molar-refractivity contribution in [3.63, 3.8) is 0 Å². The molecular formula is C17H17BrN2. The van der Waals surface area contributed by atoms with Gasteiger partial charge < -0.3 is 5.32 Å². The lowest BCUT2D eigenvalue weighted by Gasteiger charge is -2.23. The number of benzene rings is 2. The Morgan fingerprint density at radius 1 is 1.05 bits per heavy atom. The van der Waals surface area contributed by atoms with Gasteiger partial charge in [0.25, 0.3) is 0 Å². The zero-order chi connectivity index (χ0) is 14.8. The summed E-state index contributed by atoms with van der Waals surface area (Å²) in [6.07, 6.45) is 0. The molecule has 2 nitrogen and oxygen atoms in total. The first-order chi connectivity index (χ1) is 9.41. The van der Waals surface area contributed by atoms with Crippen LogP contribution in [0.1, 0.15) is 31.9 Å². The Morgan fingerprint density at radius 2 is 1.75 bits per heavy atom. The van der Waals surface area contributed by atoms with E-state index in [1.165, 1.54) is 5.56 Å². The fraction of sp³-hybridized carbons (Fsp3) is 0.235. The van der Waals surface area contributed by atoms with Crippen molar-refractivity contribution >= 4 is 27.3 Å². The summed E-state index contributed by atoms with van der Waals surface area (Å²) in [5.74, 6) is 0. The highest BCUT2D eigenvalue weighted by Gasteiger charge is 2.18. The smallest absolute Gasteiger partial charge is 0.101 e. The molecule has 2 aromatic rings. The second-order valence-corrected chi connectivity index (χ2v) is 6.64. The van der Waals surface area contributed by atoms with E-state index in [0.29, 0.717) is 5.56 Å². The Morgan fingerprint density at radius 3 is 2.40 bits per heavy atom. The van der Waals surface area contributed by atoms with Crippen LogP contribution < -0.4 is 5.32 Å². The number of nitrogens with one attached hydrogen (secondary N) is 1. The topological polar surface area (TPSA) is 35.8 Å². The van der Waals surface area contributed by atoms with Crippen LogP contribution in [-0.4, -0.2) is 0 Å². The molecule has 0 fully saturated rings. The summed E-state index contributed by atoms with van der Waals surface area (Å²) in [5, 5.41) is 12.6. The number of rotatable bonds is 2. The molecule has 0 saturated heterocycles. The molecule has 0 spiro atoms. The van der Waals surface area contributed by atoms with Crippen LogP contribution in [0.5, 0.6) is 0 Å². The molecule has 3 heteroatoms. The molecule has 102 valence electrons. The Balaban J connectivity index is 2.46. The van der Waals surface area contributed by atoms with E-state index in [4.69, 9.17) is 0 Å². The van der Waals surface area contributed by atoms with Gasteiger partial charge in [0.05, 0.1) is 11.3 Å². The van der Waals surface area contributed by atoms with Gasteiger partial charge in [-0.25, -0.2) is 0 Å². The molecule has 2 rings (SSSR count). The van der Waals surface area contributed by atoms with Crippen LogP contribution in [0, 0.1) is 11.3 Å². The van der Waals surface area contributed by atoms with Crippen LogP contribution in [0.4, 0.5) is 11.4 Å². The van der Waals surface area contributed by atoms with Gasteiger partial charge in [-0.05, 0) is 35.2 Å². The number of nitriles is 1. The van der Waals surface area contributed by atoms with Gasteiger partial charge in [0.1, 0.15) is 6.07 Å². The zero-order valence-corrected chi connectivity index (χ0v) is 13.5.